The quantitative estimate of drug-likeness (QED) is 0.775. The maximum Gasteiger partial charge on any atom is 0.238 e. The predicted molar refractivity (Wildman–Crippen MR) is 73.9 cm³/mol. The lowest BCUT2D eigenvalue weighted by atomic mass is 10.1. The zero-order valence-corrected chi connectivity index (χ0v) is 11.4. The SMILES string of the molecule is CC(NCc1cc[nH]c1)c1ccc(S(N)(=O)=O)cc1. The Morgan fingerprint density at radius 2 is 1.95 bits per heavy atom. The molecule has 0 amide bonds. The molecule has 2 rings (SSSR count). The Hall–Kier alpha value is -1.63. The topological polar surface area (TPSA) is 88.0 Å². The molecular formula is C13H17N3O2S. The molecule has 1 heterocycles. The number of benzene rings is 1. The Morgan fingerprint density at radius 1 is 1.26 bits per heavy atom. The zero-order valence-electron chi connectivity index (χ0n) is 10.6. The van der Waals surface area contributed by atoms with Crippen molar-refractivity contribution in [1.29, 1.82) is 0 Å². The number of primary sulfonamides is 1. The third-order valence-electron chi connectivity index (χ3n) is 2.98. The van der Waals surface area contributed by atoms with Gasteiger partial charge in [0.15, 0.2) is 0 Å². The molecule has 1 atom stereocenters. The van der Waals surface area contributed by atoms with Crippen LogP contribution in [0.5, 0.6) is 0 Å². The van der Waals surface area contributed by atoms with Crippen LogP contribution in [0.1, 0.15) is 24.1 Å². The normalized spacial score (nSPS) is 13.4. The van der Waals surface area contributed by atoms with E-state index in [0.717, 1.165) is 12.1 Å². The Kier molecular flexibility index (Phi) is 4.04. The minimum atomic E-state index is -3.62. The van der Waals surface area contributed by atoms with E-state index in [4.69, 9.17) is 5.14 Å². The standard InChI is InChI=1S/C13H17N3O2S/c1-10(16-9-11-6-7-15-8-11)12-2-4-13(5-3-12)19(14,17)18/h2-8,10,15-16H,9H2,1H3,(H2,14,17,18). The molecule has 6 heteroatoms. The highest BCUT2D eigenvalue weighted by Gasteiger charge is 2.09. The minimum Gasteiger partial charge on any atom is -0.367 e. The molecule has 0 aliphatic carbocycles. The van der Waals surface area contributed by atoms with Crippen molar-refractivity contribution in [1.82, 2.24) is 10.3 Å². The van der Waals surface area contributed by atoms with Gasteiger partial charge < -0.3 is 10.3 Å². The molecule has 0 fully saturated rings. The monoisotopic (exact) mass is 279 g/mol. The third kappa shape index (κ3) is 3.66. The van der Waals surface area contributed by atoms with Gasteiger partial charge in [-0.05, 0) is 36.2 Å². The first-order valence-electron chi connectivity index (χ1n) is 5.94. The van der Waals surface area contributed by atoms with E-state index in [0.29, 0.717) is 0 Å². The number of aromatic nitrogens is 1. The molecule has 0 aliphatic rings. The Balaban J connectivity index is 2.01. The number of rotatable bonds is 5. The molecule has 2 aromatic rings. The summed E-state index contributed by atoms with van der Waals surface area (Å²) >= 11 is 0. The van der Waals surface area contributed by atoms with E-state index in [1.54, 1.807) is 12.1 Å². The summed E-state index contributed by atoms with van der Waals surface area (Å²) in [6.07, 6.45) is 3.81. The second kappa shape index (κ2) is 5.56. The van der Waals surface area contributed by atoms with Gasteiger partial charge in [0.05, 0.1) is 4.90 Å². The van der Waals surface area contributed by atoms with Crippen LogP contribution in [0, 0.1) is 0 Å². The molecule has 1 unspecified atom stereocenters. The number of hydrogen-bond donors (Lipinski definition) is 3. The average Bonchev–Trinajstić information content (AvgIpc) is 2.88. The van der Waals surface area contributed by atoms with Gasteiger partial charge in [0, 0.05) is 25.0 Å². The van der Waals surface area contributed by atoms with E-state index in [9.17, 15) is 8.42 Å². The number of nitrogens with two attached hydrogens (primary N) is 1. The molecular weight excluding hydrogens is 262 g/mol. The summed E-state index contributed by atoms with van der Waals surface area (Å²) in [5.41, 5.74) is 2.19. The summed E-state index contributed by atoms with van der Waals surface area (Å²) < 4.78 is 22.3. The van der Waals surface area contributed by atoms with Crippen LogP contribution in [-0.4, -0.2) is 13.4 Å². The van der Waals surface area contributed by atoms with Gasteiger partial charge >= 0.3 is 0 Å². The average molecular weight is 279 g/mol. The molecule has 0 saturated heterocycles. The van der Waals surface area contributed by atoms with E-state index < -0.39 is 10.0 Å². The lowest BCUT2D eigenvalue weighted by Crippen LogP contribution is -2.18. The Morgan fingerprint density at radius 3 is 2.47 bits per heavy atom. The summed E-state index contributed by atoms with van der Waals surface area (Å²) in [4.78, 5) is 3.13. The first-order valence-corrected chi connectivity index (χ1v) is 7.49. The van der Waals surface area contributed by atoms with Gasteiger partial charge in [-0.1, -0.05) is 12.1 Å². The number of hydrogen-bond acceptors (Lipinski definition) is 3. The molecule has 19 heavy (non-hydrogen) atoms. The molecule has 1 aromatic heterocycles. The minimum absolute atomic E-state index is 0.129. The van der Waals surface area contributed by atoms with Crippen molar-refractivity contribution in [3.63, 3.8) is 0 Å². The van der Waals surface area contributed by atoms with Crippen LogP contribution in [0.4, 0.5) is 0 Å². The summed E-state index contributed by atoms with van der Waals surface area (Å²) in [6.45, 7) is 2.78. The van der Waals surface area contributed by atoms with Crippen molar-refractivity contribution < 1.29 is 8.42 Å². The van der Waals surface area contributed by atoms with Gasteiger partial charge in [0.1, 0.15) is 0 Å². The van der Waals surface area contributed by atoms with E-state index in [2.05, 4.69) is 10.3 Å². The summed E-state index contributed by atoms with van der Waals surface area (Å²) in [7, 11) is -3.62. The Bertz CT molecular complexity index is 618. The van der Waals surface area contributed by atoms with Crippen molar-refractivity contribution in [2.24, 2.45) is 5.14 Å². The zero-order chi connectivity index (χ0) is 13.9. The van der Waals surface area contributed by atoms with Crippen LogP contribution in [0.3, 0.4) is 0 Å². The second-order valence-corrected chi connectivity index (χ2v) is 6.00. The molecule has 0 spiro atoms. The van der Waals surface area contributed by atoms with Crippen molar-refractivity contribution in [3.05, 3.63) is 53.9 Å². The molecule has 0 radical (unpaired) electrons. The molecule has 0 saturated carbocycles. The van der Waals surface area contributed by atoms with Gasteiger partial charge in [0.2, 0.25) is 10.0 Å². The predicted octanol–water partition coefficient (Wildman–Crippen LogP) is 1.51. The summed E-state index contributed by atoms with van der Waals surface area (Å²) in [5, 5.41) is 8.42. The van der Waals surface area contributed by atoms with Gasteiger partial charge in [-0.25, -0.2) is 13.6 Å². The van der Waals surface area contributed by atoms with Gasteiger partial charge in [-0.15, -0.1) is 0 Å². The van der Waals surface area contributed by atoms with Crippen LogP contribution in [-0.2, 0) is 16.6 Å². The maximum absolute atomic E-state index is 11.2. The Labute approximate surface area is 112 Å². The molecule has 0 aliphatic heterocycles. The van der Waals surface area contributed by atoms with Crippen molar-refractivity contribution in [3.8, 4) is 0 Å². The number of aromatic amines is 1. The molecule has 1 aromatic carbocycles. The van der Waals surface area contributed by atoms with Gasteiger partial charge in [-0.2, -0.15) is 0 Å². The first-order chi connectivity index (χ1) is 8.97. The van der Waals surface area contributed by atoms with Gasteiger partial charge in [0.25, 0.3) is 0 Å². The molecule has 102 valence electrons. The fraction of sp³-hybridized carbons (Fsp3) is 0.231. The highest BCUT2D eigenvalue weighted by molar-refractivity contribution is 7.89. The molecule has 4 N–H and O–H groups in total. The van der Waals surface area contributed by atoms with E-state index in [-0.39, 0.29) is 10.9 Å². The number of sulfonamides is 1. The number of nitrogens with one attached hydrogen (secondary N) is 2. The fourth-order valence-electron chi connectivity index (χ4n) is 1.80. The third-order valence-corrected chi connectivity index (χ3v) is 3.91. The van der Waals surface area contributed by atoms with Crippen molar-refractivity contribution in [2.75, 3.05) is 0 Å². The lowest BCUT2D eigenvalue weighted by Gasteiger charge is -2.14. The van der Waals surface area contributed by atoms with Crippen LogP contribution >= 0.6 is 0 Å². The number of H-pyrrole nitrogens is 1. The first kappa shape index (κ1) is 13.8. The van der Waals surface area contributed by atoms with Crippen LogP contribution < -0.4 is 10.5 Å². The maximum atomic E-state index is 11.2. The van der Waals surface area contributed by atoms with Crippen LogP contribution in [0.25, 0.3) is 0 Å². The van der Waals surface area contributed by atoms with Crippen molar-refractivity contribution in [2.45, 2.75) is 24.4 Å². The highest BCUT2D eigenvalue weighted by atomic mass is 32.2. The van der Waals surface area contributed by atoms with Crippen molar-refractivity contribution >= 4 is 10.0 Å². The molecule has 5 nitrogen and oxygen atoms in total. The van der Waals surface area contributed by atoms with Crippen LogP contribution in [0.15, 0.2) is 47.6 Å². The largest absolute Gasteiger partial charge is 0.367 e. The highest BCUT2D eigenvalue weighted by Crippen LogP contribution is 2.16. The van der Waals surface area contributed by atoms with E-state index >= 15 is 0 Å². The smallest absolute Gasteiger partial charge is 0.238 e. The fourth-order valence-corrected chi connectivity index (χ4v) is 2.32. The van der Waals surface area contributed by atoms with Gasteiger partial charge in [-0.3, -0.25) is 0 Å². The van der Waals surface area contributed by atoms with E-state index in [1.165, 1.54) is 17.7 Å². The van der Waals surface area contributed by atoms with Crippen LogP contribution in [0.2, 0.25) is 0 Å². The lowest BCUT2D eigenvalue weighted by molar-refractivity contribution is 0.574. The summed E-state index contributed by atoms with van der Waals surface area (Å²) in [5.74, 6) is 0. The second-order valence-electron chi connectivity index (χ2n) is 4.44. The van der Waals surface area contributed by atoms with E-state index in [1.807, 2.05) is 25.4 Å². The molecule has 0 bridgehead atoms. The summed E-state index contributed by atoms with van der Waals surface area (Å²) in [6, 6.07) is 8.73.